The van der Waals surface area contributed by atoms with Gasteiger partial charge in [-0.05, 0) is 33.1 Å². The number of carboxylic acids is 1. The van der Waals surface area contributed by atoms with Gasteiger partial charge in [0.25, 0.3) is 0 Å². The fourth-order valence-electron chi connectivity index (χ4n) is 3.46. The Kier molecular flexibility index (Phi) is 12.7. The third-order valence-corrected chi connectivity index (χ3v) is 5.62. The van der Waals surface area contributed by atoms with Crippen LogP contribution in [0.4, 0.5) is 0 Å². The van der Waals surface area contributed by atoms with Gasteiger partial charge in [0.2, 0.25) is 0 Å². The highest BCUT2D eigenvalue weighted by molar-refractivity contribution is 5.81. The lowest BCUT2D eigenvalue weighted by Crippen LogP contribution is -2.42. The zero-order valence-corrected chi connectivity index (χ0v) is 20.7. The number of hydrogen-bond acceptors (Lipinski definition) is 9. The van der Waals surface area contributed by atoms with Crippen LogP contribution in [0.25, 0.3) is 0 Å². The summed E-state index contributed by atoms with van der Waals surface area (Å²) in [7, 11) is 1.25. The Bertz CT molecular complexity index is 703. The van der Waals surface area contributed by atoms with Crippen molar-refractivity contribution in [1.82, 2.24) is 0 Å². The first-order chi connectivity index (χ1) is 15.3. The first-order valence-corrected chi connectivity index (χ1v) is 11.1. The van der Waals surface area contributed by atoms with Crippen LogP contribution in [0, 0.1) is 16.7 Å². The van der Waals surface area contributed by atoms with E-state index in [1.807, 2.05) is 0 Å². The lowest BCUT2D eigenvalue weighted by molar-refractivity contribution is -0.174. The van der Waals surface area contributed by atoms with Crippen LogP contribution >= 0.6 is 0 Å². The van der Waals surface area contributed by atoms with Gasteiger partial charge in [0.15, 0.2) is 6.10 Å². The topological polar surface area (TPSA) is 142 Å². The Labute approximate surface area is 195 Å². The maximum absolute atomic E-state index is 13.2. The Hall–Kier alpha value is -2.65. The molecule has 4 unspecified atom stereocenters. The summed E-state index contributed by atoms with van der Waals surface area (Å²) < 4.78 is 20.5. The average molecular weight is 475 g/mol. The van der Waals surface area contributed by atoms with Crippen molar-refractivity contribution in [3.05, 3.63) is 0 Å². The summed E-state index contributed by atoms with van der Waals surface area (Å²) in [6, 6.07) is 0. The van der Waals surface area contributed by atoms with Crippen LogP contribution < -0.4 is 0 Å². The molecule has 0 rings (SSSR count). The number of ether oxygens (including phenoxy) is 4. The molecule has 4 atom stereocenters. The van der Waals surface area contributed by atoms with Gasteiger partial charge in [-0.1, -0.05) is 27.7 Å². The van der Waals surface area contributed by atoms with Crippen molar-refractivity contribution in [2.24, 2.45) is 16.7 Å². The van der Waals surface area contributed by atoms with Gasteiger partial charge >= 0.3 is 29.8 Å². The quantitative estimate of drug-likeness (QED) is 0.278. The predicted octanol–water partition coefficient (Wildman–Crippen LogP) is 2.90. The molecule has 0 radical (unpaired) electrons. The summed E-state index contributed by atoms with van der Waals surface area (Å²) in [6.07, 6.45) is -0.553. The van der Waals surface area contributed by atoms with Crippen LogP contribution in [0.3, 0.4) is 0 Å². The van der Waals surface area contributed by atoms with E-state index in [1.165, 1.54) is 21.0 Å². The molecule has 0 saturated heterocycles. The standard InChI is InChI=1S/C23H38O10/c1-8-17(24)31-12-16(33-18(25)9-2)13-32-21(29)23(6,11-15(4)19(26)27)14-22(5,10-3)20(28)30-7/h15-16H,8-14H2,1-7H3,(H,26,27). The van der Waals surface area contributed by atoms with Gasteiger partial charge in [-0.25, -0.2) is 0 Å². The fourth-order valence-corrected chi connectivity index (χ4v) is 3.46. The second-order valence-electron chi connectivity index (χ2n) is 8.69. The zero-order valence-electron chi connectivity index (χ0n) is 20.7. The lowest BCUT2D eigenvalue weighted by atomic mass is 9.68. The highest BCUT2D eigenvalue weighted by Crippen LogP contribution is 2.42. The fraction of sp³-hybridized carbons (Fsp3) is 0.783. The first-order valence-electron chi connectivity index (χ1n) is 11.1. The SMILES string of the molecule is CCC(=O)OCC(COC(=O)C(C)(CC(C)C(=O)O)CC(C)(CC)C(=O)OC)OC(=O)CC. The van der Waals surface area contributed by atoms with Gasteiger partial charge in [-0.2, -0.15) is 0 Å². The van der Waals surface area contributed by atoms with Crippen LogP contribution in [0.1, 0.15) is 73.6 Å². The minimum absolute atomic E-state index is 0.0101. The summed E-state index contributed by atoms with van der Waals surface area (Å²) in [5.74, 6) is -4.32. The minimum Gasteiger partial charge on any atom is -0.481 e. The van der Waals surface area contributed by atoms with E-state index in [0.29, 0.717) is 6.42 Å². The smallest absolute Gasteiger partial charge is 0.311 e. The van der Waals surface area contributed by atoms with Gasteiger partial charge in [0.05, 0.1) is 23.9 Å². The highest BCUT2D eigenvalue weighted by atomic mass is 16.6. The number of aliphatic carboxylic acids is 1. The second kappa shape index (κ2) is 13.8. The van der Waals surface area contributed by atoms with E-state index >= 15 is 0 Å². The molecule has 0 aliphatic rings. The summed E-state index contributed by atoms with van der Waals surface area (Å²) in [4.78, 5) is 60.2. The molecule has 10 nitrogen and oxygen atoms in total. The van der Waals surface area contributed by atoms with Gasteiger partial charge in [0.1, 0.15) is 13.2 Å². The molecular weight excluding hydrogens is 436 g/mol. The van der Waals surface area contributed by atoms with Crippen molar-refractivity contribution in [3.63, 3.8) is 0 Å². The van der Waals surface area contributed by atoms with Gasteiger partial charge in [0, 0.05) is 12.8 Å². The molecule has 0 fully saturated rings. The van der Waals surface area contributed by atoms with Crippen LogP contribution in [0.2, 0.25) is 0 Å². The molecule has 0 bridgehead atoms. The normalized spacial score (nSPS) is 16.3. The van der Waals surface area contributed by atoms with E-state index in [9.17, 15) is 29.1 Å². The monoisotopic (exact) mass is 474 g/mol. The molecule has 0 aliphatic heterocycles. The maximum Gasteiger partial charge on any atom is 0.311 e. The lowest BCUT2D eigenvalue weighted by Gasteiger charge is -2.36. The third kappa shape index (κ3) is 9.79. The summed E-state index contributed by atoms with van der Waals surface area (Å²) in [5, 5.41) is 9.38. The van der Waals surface area contributed by atoms with E-state index in [-0.39, 0.29) is 38.9 Å². The number of rotatable bonds is 15. The molecule has 190 valence electrons. The predicted molar refractivity (Wildman–Crippen MR) is 117 cm³/mol. The molecule has 10 heteroatoms. The van der Waals surface area contributed by atoms with Gasteiger partial charge in [-0.15, -0.1) is 0 Å². The Morgan fingerprint density at radius 3 is 1.85 bits per heavy atom. The molecule has 0 heterocycles. The molecule has 0 aliphatic carbocycles. The zero-order chi connectivity index (χ0) is 25.8. The second-order valence-corrected chi connectivity index (χ2v) is 8.69. The number of methoxy groups -OCH3 is 1. The molecule has 0 saturated carbocycles. The average Bonchev–Trinajstić information content (AvgIpc) is 2.78. The van der Waals surface area contributed by atoms with Crippen molar-refractivity contribution in [2.75, 3.05) is 20.3 Å². The molecule has 0 spiro atoms. The third-order valence-electron chi connectivity index (χ3n) is 5.62. The van der Waals surface area contributed by atoms with Crippen molar-refractivity contribution in [1.29, 1.82) is 0 Å². The Balaban J connectivity index is 5.70. The molecule has 33 heavy (non-hydrogen) atoms. The van der Waals surface area contributed by atoms with Gasteiger partial charge in [-0.3, -0.25) is 24.0 Å². The maximum atomic E-state index is 13.2. The number of carbonyl (C=O) groups excluding carboxylic acids is 4. The molecule has 0 aromatic heterocycles. The van der Waals surface area contributed by atoms with Crippen LogP contribution in [-0.4, -0.2) is 61.4 Å². The molecular formula is C23H38O10. The van der Waals surface area contributed by atoms with E-state index in [1.54, 1.807) is 27.7 Å². The van der Waals surface area contributed by atoms with Crippen molar-refractivity contribution >= 4 is 29.8 Å². The van der Waals surface area contributed by atoms with Crippen LogP contribution in [0.5, 0.6) is 0 Å². The van der Waals surface area contributed by atoms with E-state index in [0.717, 1.165) is 0 Å². The first kappa shape index (κ1) is 30.4. The number of esters is 4. The van der Waals surface area contributed by atoms with Crippen molar-refractivity contribution in [3.8, 4) is 0 Å². The number of carboxylic acid groups (broad SMARTS) is 1. The van der Waals surface area contributed by atoms with E-state index < -0.39 is 52.7 Å². The molecule has 0 aromatic carbocycles. The van der Waals surface area contributed by atoms with E-state index in [2.05, 4.69) is 0 Å². The Morgan fingerprint density at radius 1 is 0.848 bits per heavy atom. The van der Waals surface area contributed by atoms with Gasteiger partial charge < -0.3 is 24.1 Å². The molecule has 0 aromatic rings. The van der Waals surface area contributed by atoms with Crippen LogP contribution in [0.15, 0.2) is 0 Å². The number of hydrogen-bond donors (Lipinski definition) is 1. The largest absolute Gasteiger partial charge is 0.481 e. The summed E-state index contributed by atoms with van der Waals surface area (Å²) >= 11 is 0. The van der Waals surface area contributed by atoms with E-state index in [4.69, 9.17) is 18.9 Å². The molecule has 1 N–H and O–H groups in total. The summed E-state index contributed by atoms with van der Waals surface area (Å²) in [5.41, 5.74) is -2.40. The van der Waals surface area contributed by atoms with Crippen molar-refractivity contribution in [2.45, 2.75) is 79.8 Å². The minimum atomic E-state index is -1.35. The Morgan fingerprint density at radius 2 is 1.39 bits per heavy atom. The number of carbonyl (C=O) groups is 5. The molecule has 0 amide bonds. The van der Waals surface area contributed by atoms with Crippen LogP contribution in [-0.2, 0) is 42.9 Å². The van der Waals surface area contributed by atoms with Crippen molar-refractivity contribution < 1.29 is 48.0 Å². The highest BCUT2D eigenvalue weighted by Gasteiger charge is 2.47. The summed E-state index contributed by atoms with van der Waals surface area (Å²) in [6.45, 7) is 8.93.